The lowest BCUT2D eigenvalue weighted by Gasteiger charge is -2.09. The normalized spacial score (nSPS) is 10.9. The minimum Gasteiger partial charge on any atom is -0.493 e. The summed E-state index contributed by atoms with van der Waals surface area (Å²) in [6.45, 7) is 7.54. The van der Waals surface area contributed by atoms with E-state index in [-0.39, 0.29) is 6.10 Å². The summed E-state index contributed by atoms with van der Waals surface area (Å²) in [7, 11) is 0. The molecule has 0 saturated heterocycles. The maximum absolute atomic E-state index is 5.78. The molecule has 0 aliphatic heterocycles. The van der Waals surface area contributed by atoms with E-state index in [2.05, 4.69) is 43.3 Å². The second kappa shape index (κ2) is 7.84. The van der Waals surface area contributed by atoms with Crippen molar-refractivity contribution in [3.63, 3.8) is 0 Å². The smallest absolute Gasteiger partial charge is 0.119 e. The third-order valence-electron chi connectivity index (χ3n) is 3.29. The van der Waals surface area contributed by atoms with Gasteiger partial charge >= 0.3 is 0 Å². The van der Waals surface area contributed by atoms with Crippen molar-refractivity contribution in [2.24, 2.45) is 0 Å². The van der Waals surface area contributed by atoms with Crippen LogP contribution in [0.4, 0.5) is 0 Å². The second-order valence-electron chi connectivity index (χ2n) is 5.59. The van der Waals surface area contributed by atoms with Gasteiger partial charge < -0.3 is 9.47 Å². The van der Waals surface area contributed by atoms with Gasteiger partial charge in [0.15, 0.2) is 0 Å². The van der Waals surface area contributed by atoms with Gasteiger partial charge in [0.05, 0.1) is 19.3 Å². The van der Waals surface area contributed by atoms with Gasteiger partial charge in [-0.15, -0.1) is 0 Å². The number of hydrogen-bond acceptors (Lipinski definition) is 2. The molecule has 0 atom stereocenters. The summed E-state index contributed by atoms with van der Waals surface area (Å²) >= 11 is 0. The van der Waals surface area contributed by atoms with Crippen molar-refractivity contribution < 1.29 is 9.47 Å². The Kier molecular flexibility index (Phi) is 5.82. The summed E-state index contributed by atoms with van der Waals surface area (Å²) < 4.78 is 11.4. The first-order chi connectivity index (χ1) is 10.1. The van der Waals surface area contributed by atoms with Crippen molar-refractivity contribution in [2.75, 3.05) is 6.61 Å². The Morgan fingerprint density at radius 3 is 2.10 bits per heavy atom. The van der Waals surface area contributed by atoms with Crippen LogP contribution in [-0.2, 0) is 17.8 Å². The lowest BCUT2D eigenvalue weighted by molar-refractivity contribution is 0.0657. The molecule has 2 aromatic rings. The Morgan fingerprint density at radius 2 is 1.48 bits per heavy atom. The molecule has 0 fully saturated rings. The van der Waals surface area contributed by atoms with E-state index in [1.54, 1.807) is 0 Å². The molecule has 0 bridgehead atoms. The highest BCUT2D eigenvalue weighted by molar-refractivity contribution is 5.27. The highest BCUT2D eigenvalue weighted by atomic mass is 16.5. The first-order valence-corrected chi connectivity index (χ1v) is 7.52. The minimum atomic E-state index is 0.260. The molecule has 2 aromatic carbocycles. The van der Waals surface area contributed by atoms with Crippen molar-refractivity contribution in [3.8, 4) is 5.75 Å². The van der Waals surface area contributed by atoms with Crippen molar-refractivity contribution in [3.05, 3.63) is 65.2 Å². The molecule has 0 N–H and O–H groups in total. The fourth-order valence-corrected chi connectivity index (χ4v) is 1.99. The van der Waals surface area contributed by atoms with Crippen LogP contribution in [0.3, 0.4) is 0 Å². The number of benzene rings is 2. The first kappa shape index (κ1) is 15.6. The van der Waals surface area contributed by atoms with Crippen molar-refractivity contribution >= 4 is 0 Å². The van der Waals surface area contributed by atoms with Gasteiger partial charge in [-0.3, -0.25) is 0 Å². The third kappa shape index (κ3) is 5.60. The van der Waals surface area contributed by atoms with Crippen LogP contribution >= 0.6 is 0 Å². The van der Waals surface area contributed by atoms with E-state index < -0.39 is 0 Å². The molecule has 0 aliphatic rings. The van der Waals surface area contributed by atoms with Crippen LogP contribution in [0.1, 0.15) is 30.5 Å². The molecule has 0 saturated carbocycles. The zero-order valence-corrected chi connectivity index (χ0v) is 13.1. The Labute approximate surface area is 127 Å². The van der Waals surface area contributed by atoms with Crippen molar-refractivity contribution in [1.29, 1.82) is 0 Å². The van der Waals surface area contributed by atoms with Gasteiger partial charge in [0.2, 0.25) is 0 Å². The highest BCUT2D eigenvalue weighted by Gasteiger charge is 1.99. The van der Waals surface area contributed by atoms with E-state index >= 15 is 0 Å². The third-order valence-corrected chi connectivity index (χ3v) is 3.29. The molecule has 2 nitrogen and oxygen atoms in total. The summed E-state index contributed by atoms with van der Waals surface area (Å²) in [4.78, 5) is 0. The van der Waals surface area contributed by atoms with Crippen LogP contribution in [0, 0.1) is 6.92 Å². The molecule has 0 heterocycles. The van der Waals surface area contributed by atoms with Gasteiger partial charge in [0.25, 0.3) is 0 Å². The van der Waals surface area contributed by atoms with E-state index in [4.69, 9.17) is 9.47 Å². The lowest BCUT2D eigenvalue weighted by atomic mass is 10.1. The van der Waals surface area contributed by atoms with Gasteiger partial charge in [-0.05, 0) is 44.0 Å². The number of rotatable bonds is 7. The molecule has 0 aromatic heterocycles. The van der Waals surface area contributed by atoms with E-state index in [0.717, 1.165) is 12.2 Å². The van der Waals surface area contributed by atoms with Crippen LogP contribution in [-0.4, -0.2) is 12.7 Å². The SMILES string of the molecule is Cc1ccc(CCOc2ccc(COC(C)C)cc2)cc1. The minimum absolute atomic E-state index is 0.260. The molecule has 2 rings (SSSR count). The second-order valence-corrected chi connectivity index (χ2v) is 5.59. The Bertz CT molecular complexity index is 526. The largest absolute Gasteiger partial charge is 0.493 e. The molecular weight excluding hydrogens is 260 g/mol. The van der Waals surface area contributed by atoms with Crippen LogP contribution in [0.25, 0.3) is 0 Å². The number of aryl methyl sites for hydroxylation is 1. The summed E-state index contributed by atoms with van der Waals surface area (Å²) in [6.07, 6.45) is 1.19. The van der Waals surface area contributed by atoms with Gasteiger partial charge in [-0.25, -0.2) is 0 Å². The number of hydrogen-bond donors (Lipinski definition) is 0. The van der Waals surface area contributed by atoms with E-state index in [0.29, 0.717) is 13.2 Å². The van der Waals surface area contributed by atoms with Gasteiger partial charge in [0.1, 0.15) is 5.75 Å². The highest BCUT2D eigenvalue weighted by Crippen LogP contribution is 2.14. The van der Waals surface area contributed by atoms with Crippen molar-refractivity contribution in [1.82, 2.24) is 0 Å². The first-order valence-electron chi connectivity index (χ1n) is 7.52. The zero-order chi connectivity index (χ0) is 15.1. The van der Waals surface area contributed by atoms with Gasteiger partial charge in [0, 0.05) is 6.42 Å². The average Bonchev–Trinajstić information content (AvgIpc) is 2.48. The fourth-order valence-electron chi connectivity index (χ4n) is 1.99. The quantitative estimate of drug-likeness (QED) is 0.743. The predicted octanol–water partition coefficient (Wildman–Crippen LogP) is 4.54. The maximum atomic E-state index is 5.78. The topological polar surface area (TPSA) is 18.5 Å². The van der Waals surface area contributed by atoms with E-state index in [1.165, 1.54) is 16.7 Å². The Balaban J connectivity index is 1.77. The number of ether oxygens (including phenoxy) is 2. The molecule has 2 heteroatoms. The van der Waals surface area contributed by atoms with Gasteiger partial charge in [-0.1, -0.05) is 42.0 Å². The molecule has 0 amide bonds. The van der Waals surface area contributed by atoms with Crippen LogP contribution in [0.15, 0.2) is 48.5 Å². The van der Waals surface area contributed by atoms with Gasteiger partial charge in [-0.2, -0.15) is 0 Å². The molecule has 21 heavy (non-hydrogen) atoms. The summed E-state index contributed by atoms with van der Waals surface area (Å²) in [5, 5.41) is 0. The molecule has 0 spiro atoms. The van der Waals surface area contributed by atoms with Crippen LogP contribution < -0.4 is 4.74 Å². The molecule has 0 aliphatic carbocycles. The Morgan fingerprint density at radius 1 is 0.857 bits per heavy atom. The molecule has 0 unspecified atom stereocenters. The Hall–Kier alpha value is -1.80. The monoisotopic (exact) mass is 284 g/mol. The average molecular weight is 284 g/mol. The van der Waals surface area contributed by atoms with Crippen LogP contribution in [0.2, 0.25) is 0 Å². The molecule has 112 valence electrons. The van der Waals surface area contributed by atoms with E-state index in [1.807, 2.05) is 26.0 Å². The van der Waals surface area contributed by atoms with Crippen molar-refractivity contribution in [2.45, 2.75) is 39.9 Å². The van der Waals surface area contributed by atoms with E-state index in [9.17, 15) is 0 Å². The van der Waals surface area contributed by atoms with Crippen LogP contribution in [0.5, 0.6) is 5.75 Å². The summed E-state index contributed by atoms with van der Waals surface area (Å²) in [5.74, 6) is 0.912. The zero-order valence-electron chi connectivity index (χ0n) is 13.1. The molecular formula is C19H24O2. The fraction of sp³-hybridized carbons (Fsp3) is 0.368. The summed E-state index contributed by atoms with van der Waals surface area (Å²) in [6, 6.07) is 16.7. The molecule has 0 radical (unpaired) electrons. The summed E-state index contributed by atoms with van der Waals surface area (Å²) in [5.41, 5.74) is 3.77. The standard InChI is InChI=1S/C19H24O2/c1-15(2)21-14-18-8-10-19(11-9-18)20-13-12-17-6-4-16(3)5-7-17/h4-11,15H,12-14H2,1-3H3. The predicted molar refractivity (Wildman–Crippen MR) is 86.7 cm³/mol. The maximum Gasteiger partial charge on any atom is 0.119 e. The lowest BCUT2D eigenvalue weighted by Crippen LogP contribution is -2.03.